The van der Waals surface area contributed by atoms with Crippen LogP contribution in [0.2, 0.25) is 0 Å². The van der Waals surface area contributed by atoms with E-state index in [4.69, 9.17) is 18.8 Å². The molecule has 110 valence electrons. The van der Waals surface area contributed by atoms with Gasteiger partial charge in [0, 0.05) is 12.1 Å². The van der Waals surface area contributed by atoms with E-state index in [0.717, 1.165) is 11.5 Å². The van der Waals surface area contributed by atoms with E-state index in [-0.39, 0.29) is 7.69 Å². The lowest BCUT2D eigenvalue weighted by atomic mass is 10.2. The van der Waals surface area contributed by atoms with E-state index in [9.17, 15) is 0 Å². The minimum Gasteiger partial charge on any atom is -0.528 e. The fourth-order valence-electron chi connectivity index (χ4n) is 1.81. The Labute approximate surface area is 125 Å². The second kappa shape index (κ2) is 8.09. The summed E-state index contributed by atoms with van der Waals surface area (Å²) >= 11 is 0. The summed E-state index contributed by atoms with van der Waals surface area (Å²) in [6, 6.07) is 15.0. The first-order chi connectivity index (χ1) is 10.3. The van der Waals surface area contributed by atoms with Crippen LogP contribution in [0.3, 0.4) is 0 Å². The van der Waals surface area contributed by atoms with Gasteiger partial charge in [0.1, 0.15) is 23.0 Å². The minimum atomic E-state index is 0.130. The molecule has 0 aliphatic rings. The summed E-state index contributed by atoms with van der Waals surface area (Å²) in [5.74, 6) is 2.99. The van der Waals surface area contributed by atoms with Gasteiger partial charge in [0.25, 0.3) is 0 Å². The number of ether oxygens (including phenoxy) is 2. The maximum atomic E-state index is 5.55. The van der Waals surface area contributed by atoms with Gasteiger partial charge in [-0.05, 0) is 38.1 Å². The second-order valence-electron chi connectivity index (χ2n) is 4.22. The molecule has 2 aromatic rings. The zero-order valence-electron chi connectivity index (χ0n) is 12.4. The highest BCUT2D eigenvalue weighted by molar-refractivity contribution is 6.20. The van der Waals surface area contributed by atoms with Gasteiger partial charge in [0.2, 0.25) is 0 Å². The lowest BCUT2D eigenvalue weighted by Gasteiger charge is -2.10. The summed E-state index contributed by atoms with van der Waals surface area (Å²) in [4.78, 5) is 0. The molecule has 0 radical (unpaired) electrons. The molecule has 0 aromatic heterocycles. The Morgan fingerprint density at radius 2 is 1.14 bits per heavy atom. The topological polar surface area (TPSA) is 36.9 Å². The maximum Gasteiger partial charge on any atom is 0.576 e. The van der Waals surface area contributed by atoms with Crippen molar-refractivity contribution in [1.82, 2.24) is 0 Å². The van der Waals surface area contributed by atoms with Crippen molar-refractivity contribution in [3.8, 4) is 23.0 Å². The van der Waals surface area contributed by atoms with Crippen molar-refractivity contribution in [3.05, 3.63) is 48.5 Å². The van der Waals surface area contributed by atoms with Gasteiger partial charge in [-0.15, -0.1) is 0 Å². The summed E-state index contributed by atoms with van der Waals surface area (Å²) in [6.45, 7) is 5.15. The molecule has 21 heavy (non-hydrogen) atoms. The largest absolute Gasteiger partial charge is 0.576 e. The minimum absolute atomic E-state index is 0.130. The van der Waals surface area contributed by atoms with E-state index in [1.807, 2.05) is 62.4 Å². The predicted octanol–water partition coefficient (Wildman–Crippen LogP) is 3.21. The Bertz CT molecular complexity index is 510. The SMILES string of the molecule is CCOc1cccc(OBOc2cccc(OCC)c2)c1. The van der Waals surface area contributed by atoms with Gasteiger partial charge in [0.15, 0.2) is 0 Å². The van der Waals surface area contributed by atoms with Crippen LogP contribution in [0.15, 0.2) is 48.5 Å². The third-order valence-electron chi connectivity index (χ3n) is 2.68. The van der Waals surface area contributed by atoms with Crippen LogP contribution in [0.5, 0.6) is 23.0 Å². The van der Waals surface area contributed by atoms with Crippen molar-refractivity contribution >= 4 is 7.69 Å². The summed E-state index contributed by atoms with van der Waals surface area (Å²) in [5, 5.41) is 0. The predicted molar refractivity (Wildman–Crippen MR) is 83.6 cm³/mol. The van der Waals surface area contributed by atoms with Crippen molar-refractivity contribution in [1.29, 1.82) is 0 Å². The van der Waals surface area contributed by atoms with Crippen molar-refractivity contribution < 1.29 is 18.8 Å². The average Bonchev–Trinajstić information content (AvgIpc) is 2.49. The molecule has 0 spiro atoms. The first-order valence-corrected chi connectivity index (χ1v) is 7.03. The quantitative estimate of drug-likeness (QED) is 0.698. The van der Waals surface area contributed by atoms with E-state index in [1.165, 1.54) is 0 Å². The van der Waals surface area contributed by atoms with Crippen LogP contribution in [0.4, 0.5) is 0 Å². The third-order valence-corrected chi connectivity index (χ3v) is 2.68. The number of hydrogen-bond donors (Lipinski definition) is 0. The lowest BCUT2D eigenvalue weighted by Crippen LogP contribution is -2.11. The Morgan fingerprint density at radius 3 is 1.57 bits per heavy atom. The highest BCUT2D eigenvalue weighted by Gasteiger charge is 2.02. The molecule has 0 saturated carbocycles. The summed E-state index contributed by atoms with van der Waals surface area (Å²) in [7, 11) is 0.130. The van der Waals surface area contributed by atoms with Crippen molar-refractivity contribution in [2.75, 3.05) is 13.2 Å². The smallest absolute Gasteiger partial charge is 0.528 e. The molecule has 0 N–H and O–H groups in total. The molecule has 2 aromatic carbocycles. The zero-order valence-corrected chi connectivity index (χ0v) is 12.4. The van der Waals surface area contributed by atoms with E-state index >= 15 is 0 Å². The van der Waals surface area contributed by atoms with Crippen LogP contribution in [-0.2, 0) is 0 Å². The van der Waals surface area contributed by atoms with Crippen LogP contribution >= 0.6 is 0 Å². The van der Waals surface area contributed by atoms with E-state index in [0.29, 0.717) is 24.7 Å². The van der Waals surface area contributed by atoms with Crippen molar-refractivity contribution in [3.63, 3.8) is 0 Å². The van der Waals surface area contributed by atoms with Crippen LogP contribution in [-0.4, -0.2) is 20.9 Å². The van der Waals surface area contributed by atoms with Gasteiger partial charge in [-0.25, -0.2) is 0 Å². The Hall–Kier alpha value is -2.30. The van der Waals surface area contributed by atoms with Crippen molar-refractivity contribution in [2.45, 2.75) is 13.8 Å². The van der Waals surface area contributed by atoms with Gasteiger partial charge >= 0.3 is 7.69 Å². The average molecular weight is 286 g/mol. The number of rotatable bonds is 8. The summed E-state index contributed by atoms with van der Waals surface area (Å²) in [5.41, 5.74) is 0. The van der Waals surface area contributed by atoms with Crippen LogP contribution in [0.25, 0.3) is 0 Å². The van der Waals surface area contributed by atoms with E-state index < -0.39 is 0 Å². The molecule has 0 heterocycles. The molecule has 0 atom stereocenters. The molecule has 0 amide bonds. The van der Waals surface area contributed by atoms with E-state index in [1.54, 1.807) is 0 Å². The van der Waals surface area contributed by atoms with Gasteiger partial charge < -0.3 is 18.8 Å². The second-order valence-corrected chi connectivity index (χ2v) is 4.22. The number of benzene rings is 2. The fourth-order valence-corrected chi connectivity index (χ4v) is 1.81. The molecule has 0 aliphatic carbocycles. The summed E-state index contributed by atoms with van der Waals surface area (Å²) < 4.78 is 21.9. The Balaban J connectivity index is 1.86. The molecule has 5 heteroatoms. The molecule has 0 fully saturated rings. The van der Waals surface area contributed by atoms with Crippen LogP contribution in [0.1, 0.15) is 13.8 Å². The normalized spacial score (nSPS) is 9.81. The Morgan fingerprint density at radius 1 is 0.714 bits per heavy atom. The molecule has 0 bridgehead atoms. The fraction of sp³-hybridized carbons (Fsp3) is 0.250. The summed E-state index contributed by atoms with van der Waals surface area (Å²) in [6.07, 6.45) is 0. The molecule has 0 aliphatic heterocycles. The van der Waals surface area contributed by atoms with E-state index in [2.05, 4.69) is 0 Å². The molecule has 2 rings (SSSR count). The van der Waals surface area contributed by atoms with Crippen LogP contribution in [0, 0.1) is 0 Å². The molecule has 0 saturated heterocycles. The molecule has 4 nitrogen and oxygen atoms in total. The van der Waals surface area contributed by atoms with Gasteiger partial charge in [0.05, 0.1) is 13.2 Å². The van der Waals surface area contributed by atoms with Gasteiger partial charge in [-0.2, -0.15) is 0 Å². The molecular formula is C16H19BO4. The molecule has 0 unspecified atom stereocenters. The molecular weight excluding hydrogens is 267 g/mol. The zero-order chi connectivity index (χ0) is 14.9. The lowest BCUT2D eigenvalue weighted by molar-refractivity contribution is 0.338. The van der Waals surface area contributed by atoms with Gasteiger partial charge in [-0.1, -0.05) is 12.1 Å². The first-order valence-electron chi connectivity index (χ1n) is 7.03. The third kappa shape index (κ3) is 4.95. The van der Waals surface area contributed by atoms with Crippen LogP contribution < -0.4 is 18.8 Å². The highest BCUT2D eigenvalue weighted by Crippen LogP contribution is 2.21. The van der Waals surface area contributed by atoms with Crippen molar-refractivity contribution in [2.24, 2.45) is 0 Å². The van der Waals surface area contributed by atoms with Gasteiger partial charge in [-0.3, -0.25) is 0 Å². The Kier molecular flexibility index (Phi) is 5.82. The monoisotopic (exact) mass is 286 g/mol. The number of hydrogen-bond acceptors (Lipinski definition) is 4. The maximum absolute atomic E-state index is 5.55. The standard InChI is InChI=1S/C16H19BO4/c1-3-18-13-7-5-9-15(11-13)20-17-21-16-10-6-8-14(12-16)19-4-2/h5-12,17H,3-4H2,1-2H3. The first kappa shape index (κ1) is 15.1. The highest BCUT2D eigenvalue weighted by atomic mass is 16.6.